The Balaban J connectivity index is 2.02. The number of piperazine rings is 1. The molecule has 0 radical (unpaired) electrons. The van der Waals surface area contributed by atoms with E-state index in [9.17, 15) is 4.79 Å². The summed E-state index contributed by atoms with van der Waals surface area (Å²) < 4.78 is 5.29. The number of hydrogen-bond donors (Lipinski definition) is 1. The number of carbonyl (C=O) groups is 1. The lowest BCUT2D eigenvalue weighted by atomic mass is 9.99. The van der Waals surface area contributed by atoms with Crippen LogP contribution in [0, 0.1) is 11.3 Å². The quantitative estimate of drug-likeness (QED) is 0.724. The van der Waals surface area contributed by atoms with Gasteiger partial charge in [-0.25, -0.2) is 0 Å². The molecule has 0 spiro atoms. The summed E-state index contributed by atoms with van der Waals surface area (Å²) in [5.41, 5.74) is -0.514. The molecule has 0 aromatic heterocycles. The maximum atomic E-state index is 12.7. The van der Waals surface area contributed by atoms with E-state index in [-0.39, 0.29) is 5.91 Å². The van der Waals surface area contributed by atoms with E-state index in [1.54, 1.807) is 4.90 Å². The van der Waals surface area contributed by atoms with E-state index in [0.29, 0.717) is 19.7 Å². The molecule has 0 saturated carbocycles. The van der Waals surface area contributed by atoms with Crippen molar-refractivity contribution in [3.05, 3.63) is 0 Å². The van der Waals surface area contributed by atoms with Gasteiger partial charge in [0, 0.05) is 32.7 Å². The molecule has 19 heavy (non-hydrogen) atoms. The molecule has 2 saturated heterocycles. The molecule has 106 valence electrons. The number of amides is 1. The molecule has 0 aliphatic carbocycles. The second-order valence-corrected chi connectivity index (χ2v) is 5.54. The first-order chi connectivity index (χ1) is 9.05. The highest BCUT2D eigenvalue weighted by molar-refractivity contribution is 5.85. The van der Waals surface area contributed by atoms with Crippen molar-refractivity contribution in [1.29, 1.82) is 5.26 Å². The van der Waals surface area contributed by atoms with Crippen LogP contribution in [0.15, 0.2) is 0 Å². The van der Waals surface area contributed by atoms with Crippen LogP contribution >= 0.6 is 0 Å². The average molecular weight is 266 g/mol. The van der Waals surface area contributed by atoms with Crippen molar-refractivity contribution in [3.8, 4) is 6.07 Å². The van der Waals surface area contributed by atoms with Crippen LogP contribution in [0.4, 0.5) is 0 Å². The molecule has 6 nitrogen and oxygen atoms in total. The Labute approximate surface area is 114 Å². The third kappa shape index (κ3) is 3.06. The molecule has 1 unspecified atom stereocenters. The molecule has 2 aliphatic rings. The van der Waals surface area contributed by atoms with Gasteiger partial charge in [0.05, 0.1) is 24.8 Å². The Hall–Kier alpha value is -1.16. The van der Waals surface area contributed by atoms with Crippen molar-refractivity contribution in [2.75, 3.05) is 45.9 Å². The lowest BCUT2D eigenvalue weighted by molar-refractivity contribution is -0.149. The van der Waals surface area contributed by atoms with E-state index in [1.807, 2.05) is 13.8 Å². The molecule has 0 bridgehead atoms. The third-order valence-electron chi connectivity index (χ3n) is 3.93. The average Bonchev–Trinajstić information content (AvgIpc) is 2.47. The monoisotopic (exact) mass is 266 g/mol. The van der Waals surface area contributed by atoms with Crippen LogP contribution in [0.3, 0.4) is 0 Å². The predicted octanol–water partition coefficient (Wildman–Crippen LogP) is -0.579. The fourth-order valence-electron chi connectivity index (χ4n) is 2.66. The van der Waals surface area contributed by atoms with Gasteiger partial charge in [0.15, 0.2) is 6.10 Å². The van der Waals surface area contributed by atoms with E-state index < -0.39 is 11.6 Å². The van der Waals surface area contributed by atoms with Crippen LogP contribution in [0.2, 0.25) is 0 Å². The van der Waals surface area contributed by atoms with Gasteiger partial charge >= 0.3 is 0 Å². The topological polar surface area (TPSA) is 68.6 Å². The normalized spacial score (nSPS) is 25.9. The first-order valence-corrected chi connectivity index (χ1v) is 6.82. The lowest BCUT2D eigenvalue weighted by Crippen LogP contribution is -2.62. The molecular formula is C13H22N4O2. The van der Waals surface area contributed by atoms with E-state index in [0.717, 1.165) is 26.2 Å². The van der Waals surface area contributed by atoms with E-state index in [4.69, 9.17) is 10.00 Å². The van der Waals surface area contributed by atoms with Crippen LogP contribution in [-0.4, -0.2) is 73.2 Å². The van der Waals surface area contributed by atoms with Gasteiger partial charge in [0.25, 0.3) is 0 Å². The summed E-state index contributed by atoms with van der Waals surface area (Å²) in [5.74, 6) is 0.0953. The molecule has 1 amide bonds. The number of rotatable bonds is 2. The standard InChI is InChI=1S/C13H22N4O2/c1-13(2,17-5-3-15-4-6-17)12(18)16-7-8-19-11(9-14)10-16/h11,15H,3-8,10H2,1-2H3. The summed E-state index contributed by atoms with van der Waals surface area (Å²) in [6.45, 7) is 8.94. The second-order valence-electron chi connectivity index (χ2n) is 5.54. The predicted molar refractivity (Wildman–Crippen MR) is 70.5 cm³/mol. The minimum absolute atomic E-state index is 0.0953. The van der Waals surface area contributed by atoms with E-state index in [1.165, 1.54) is 0 Å². The summed E-state index contributed by atoms with van der Waals surface area (Å²) >= 11 is 0. The highest BCUT2D eigenvalue weighted by Crippen LogP contribution is 2.20. The lowest BCUT2D eigenvalue weighted by Gasteiger charge is -2.43. The molecule has 1 atom stereocenters. The maximum Gasteiger partial charge on any atom is 0.242 e. The van der Waals surface area contributed by atoms with Crippen LogP contribution in [0.25, 0.3) is 0 Å². The van der Waals surface area contributed by atoms with Gasteiger partial charge in [-0.05, 0) is 13.8 Å². The van der Waals surface area contributed by atoms with Crippen molar-refractivity contribution in [3.63, 3.8) is 0 Å². The highest BCUT2D eigenvalue weighted by atomic mass is 16.5. The Morgan fingerprint density at radius 2 is 2.05 bits per heavy atom. The van der Waals surface area contributed by atoms with E-state index >= 15 is 0 Å². The first kappa shape index (κ1) is 14.3. The number of hydrogen-bond acceptors (Lipinski definition) is 5. The number of nitrogens with zero attached hydrogens (tertiary/aromatic N) is 3. The Morgan fingerprint density at radius 3 is 2.68 bits per heavy atom. The summed E-state index contributed by atoms with van der Waals surface area (Å²) in [6, 6.07) is 2.08. The maximum absolute atomic E-state index is 12.7. The van der Waals surface area contributed by atoms with Gasteiger partial charge in [-0.15, -0.1) is 0 Å². The van der Waals surface area contributed by atoms with Crippen LogP contribution in [0.5, 0.6) is 0 Å². The smallest absolute Gasteiger partial charge is 0.242 e. The highest BCUT2D eigenvalue weighted by Gasteiger charge is 2.39. The van der Waals surface area contributed by atoms with Gasteiger partial charge in [0.2, 0.25) is 5.91 Å². The summed E-state index contributed by atoms with van der Waals surface area (Å²) in [4.78, 5) is 16.7. The van der Waals surface area contributed by atoms with Gasteiger partial charge in [-0.3, -0.25) is 9.69 Å². The Bertz CT molecular complexity index is 371. The zero-order valence-electron chi connectivity index (χ0n) is 11.7. The fourth-order valence-corrected chi connectivity index (χ4v) is 2.66. The number of nitrogens with one attached hydrogen (secondary N) is 1. The van der Waals surface area contributed by atoms with Crippen molar-refractivity contribution < 1.29 is 9.53 Å². The summed E-state index contributed by atoms with van der Waals surface area (Å²) in [7, 11) is 0. The molecule has 2 rings (SSSR count). The number of ether oxygens (including phenoxy) is 1. The molecule has 2 fully saturated rings. The van der Waals surface area contributed by atoms with Gasteiger partial charge in [-0.1, -0.05) is 0 Å². The molecule has 6 heteroatoms. The minimum atomic E-state index is -0.514. The summed E-state index contributed by atoms with van der Waals surface area (Å²) in [6.07, 6.45) is -0.489. The van der Waals surface area contributed by atoms with Crippen molar-refractivity contribution in [2.24, 2.45) is 0 Å². The van der Waals surface area contributed by atoms with Crippen molar-refractivity contribution in [1.82, 2.24) is 15.1 Å². The SMILES string of the molecule is CC(C)(C(=O)N1CCOC(C#N)C1)N1CCNCC1. The minimum Gasteiger partial charge on any atom is -0.360 e. The number of morpholine rings is 1. The molecule has 2 heterocycles. The third-order valence-corrected chi connectivity index (χ3v) is 3.93. The van der Waals surface area contributed by atoms with Crippen LogP contribution in [0.1, 0.15) is 13.8 Å². The number of nitriles is 1. The molecule has 0 aromatic carbocycles. The number of carbonyl (C=O) groups excluding carboxylic acids is 1. The molecule has 1 N–H and O–H groups in total. The Kier molecular flexibility index (Phi) is 4.40. The zero-order chi connectivity index (χ0) is 13.9. The van der Waals surface area contributed by atoms with Crippen LogP contribution < -0.4 is 5.32 Å². The molecular weight excluding hydrogens is 244 g/mol. The zero-order valence-corrected chi connectivity index (χ0v) is 11.7. The van der Waals surface area contributed by atoms with Gasteiger partial charge in [-0.2, -0.15) is 5.26 Å². The molecule has 0 aromatic rings. The van der Waals surface area contributed by atoms with Gasteiger partial charge < -0.3 is 15.0 Å². The Morgan fingerprint density at radius 1 is 1.37 bits per heavy atom. The van der Waals surface area contributed by atoms with E-state index in [2.05, 4.69) is 16.3 Å². The second kappa shape index (κ2) is 5.87. The van der Waals surface area contributed by atoms with Crippen molar-refractivity contribution in [2.45, 2.75) is 25.5 Å². The molecule has 2 aliphatic heterocycles. The van der Waals surface area contributed by atoms with Crippen LogP contribution in [-0.2, 0) is 9.53 Å². The first-order valence-electron chi connectivity index (χ1n) is 6.82. The van der Waals surface area contributed by atoms with Gasteiger partial charge in [0.1, 0.15) is 0 Å². The largest absolute Gasteiger partial charge is 0.360 e. The summed E-state index contributed by atoms with van der Waals surface area (Å²) in [5, 5.41) is 12.2. The van der Waals surface area contributed by atoms with Crippen molar-refractivity contribution >= 4 is 5.91 Å². The fraction of sp³-hybridized carbons (Fsp3) is 0.846.